The topological polar surface area (TPSA) is 41.8 Å². The Morgan fingerprint density at radius 1 is 1.14 bits per heavy atom. The van der Waals surface area contributed by atoms with Gasteiger partial charge in [0.05, 0.1) is 14.9 Å². The van der Waals surface area contributed by atoms with Crippen molar-refractivity contribution in [2.45, 2.75) is 33.1 Å². The molecule has 0 aliphatic heterocycles. The lowest BCUT2D eigenvalue weighted by Gasteiger charge is -2.04. The van der Waals surface area contributed by atoms with Crippen molar-refractivity contribution in [1.82, 2.24) is 4.98 Å². The van der Waals surface area contributed by atoms with Gasteiger partial charge >= 0.3 is 0 Å². The minimum atomic E-state index is 0.751. The molecule has 0 atom stereocenters. The monoisotopic (exact) mass is 332 g/mol. The number of nitrogens with two attached hydrogens (primary N) is 1. The van der Waals surface area contributed by atoms with Gasteiger partial charge < -0.3 is 10.7 Å². The summed E-state index contributed by atoms with van der Waals surface area (Å²) in [6, 6.07) is 8.52. The van der Waals surface area contributed by atoms with Crippen LogP contribution in [0.15, 0.2) is 24.3 Å². The van der Waals surface area contributed by atoms with Crippen LogP contribution in [0.4, 0.5) is 0 Å². The van der Waals surface area contributed by atoms with E-state index in [1.165, 1.54) is 38.2 Å². The number of unbranched alkanes of at least 4 members (excludes halogenated alkanes) is 1. The third kappa shape index (κ3) is 2.81. The van der Waals surface area contributed by atoms with Crippen LogP contribution in [0.2, 0.25) is 4.34 Å². The zero-order valence-corrected chi connectivity index (χ0v) is 14.6. The maximum absolute atomic E-state index is 6.13. The molecule has 3 rings (SSSR count). The molecule has 116 valence electrons. The number of benzene rings is 1. The second-order valence-corrected chi connectivity index (χ2v) is 7.47. The van der Waals surface area contributed by atoms with Crippen LogP contribution in [0.3, 0.4) is 0 Å². The molecule has 0 amide bonds. The fraction of sp³-hybridized carbons (Fsp3) is 0.333. The summed E-state index contributed by atoms with van der Waals surface area (Å²) >= 11 is 7.76. The highest BCUT2D eigenvalue weighted by atomic mass is 35.5. The highest BCUT2D eigenvalue weighted by molar-refractivity contribution is 7.19. The molecule has 3 aromatic rings. The molecule has 4 heteroatoms. The molecule has 22 heavy (non-hydrogen) atoms. The minimum absolute atomic E-state index is 0.751. The summed E-state index contributed by atoms with van der Waals surface area (Å²) in [5, 5.41) is 1.33. The smallest absolute Gasteiger partial charge is 0.0935 e. The first kappa shape index (κ1) is 15.6. The third-order valence-electron chi connectivity index (χ3n) is 4.31. The lowest BCUT2D eigenvalue weighted by Crippen LogP contribution is -1.99. The van der Waals surface area contributed by atoms with Gasteiger partial charge in [-0.05, 0) is 68.5 Å². The van der Waals surface area contributed by atoms with Crippen molar-refractivity contribution in [3.63, 3.8) is 0 Å². The predicted molar refractivity (Wildman–Crippen MR) is 98.1 cm³/mol. The molecule has 3 N–H and O–H groups in total. The van der Waals surface area contributed by atoms with E-state index in [0.29, 0.717) is 0 Å². The number of aryl methyl sites for hydroxylation is 3. The van der Waals surface area contributed by atoms with Gasteiger partial charge in [0.15, 0.2) is 0 Å². The Labute approximate surface area is 140 Å². The average molecular weight is 333 g/mol. The fourth-order valence-electron chi connectivity index (χ4n) is 2.93. The van der Waals surface area contributed by atoms with E-state index in [1.807, 2.05) is 6.07 Å². The van der Waals surface area contributed by atoms with Crippen molar-refractivity contribution in [2.24, 2.45) is 5.73 Å². The maximum Gasteiger partial charge on any atom is 0.0935 e. The van der Waals surface area contributed by atoms with Crippen LogP contribution in [0.5, 0.6) is 0 Å². The minimum Gasteiger partial charge on any atom is -0.353 e. The summed E-state index contributed by atoms with van der Waals surface area (Å²) in [5.41, 5.74) is 12.2. The summed E-state index contributed by atoms with van der Waals surface area (Å²) in [6.07, 6.45) is 3.22. The average Bonchev–Trinajstić information content (AvgIpc) is 3.08. The lowest BCUT2D eigenvalue weighted by molar-refractivity contribution is 0.748. The normalized spacial score (nSPS) is 11.5. The highest BCUT2D eigenvalue weighted by Crippen LogP contribution is 2.38. The Hall–Kier alpha value is -1.29. The van der Waals surface area contributed by atoms with Crippen LogP contribution in [0.25, 0.3) is 21.5 Å². The van der Waals surface area contributed by atoms with Gasteiger partial charge in [0, 0.05) is 10.9 Å². The van der Waals surface area contributed by atoms with Gasteiger partial charge in [-0.2, -0.15) is 0 Å². The number of rotatable bonds is 5. The second kappa shape index (κ2) is 6.45. The lowest BCUT2D eigenvalue weighted by atomic mass is 10.0. The number of aromatic amines is 1. The van der Waals surface area contributed by atoms with Crippen molar-refractivity contribution in [2.75, 3.05) is 6.54 Å². The molecule has 1 aromatic carbocycles. The summed E-state index contributed by atoms with van der Waals surface area (Å²) in [5.74, 6) is 0. The Morgan fingerprint density at radius 2 is 1.95 bits per heavy atom. The zero-order chi connectivity index (χ0) is 15.7. The first-order chi connectivity index (χ1) is 10.6. The van der Waals surface area contributed by atoms with Crippen molar-refractivity contribution in [3.05, 3.63) is 45.3 Å². The zero-order valence-electron chi connectivity index (χ0n) is 13.0. The molecule has 2 heterocycles. The van der Waals surface area contributed by atoms with Crippen LogP contribution in [0, 0.1) is 13.8 Å². The summed E-state index contributed by atoms with van der Waals surface area (Å²) in [6.45, 7) is 5.09. The van der Waals surface area contributed by atoms with Crippen LogP contribution >= 0.6 is 22.9 Å². The van der Waals surface area contributed by atoms with E-state index in [2.05, 4.69) is 37.0 Å². The van der Waals surface area contributed by atoms with E-state index >= 15 is 0 Å². The van der Waals surface area contributed by atoms with Gasteiger partial charge in [-0.25, -0.2) is 0 Å². The Morgan fingerprint density at radius 3 is 2.64 bits per heavy atom. The van der Waals surface area contributed by atoms with Gasteiger partial charge in [0.1, 0.15) is 0 Å². The van der Waals surface area contributed by atoms with Gasteiger partial charge in [-0.15, -0.1) is 11.3 Å². The van der Waals surface area contributed by atoms with Crippen LogP contribution < -0.4 is 5.73 Å². The number of hydrogen-bond donors (Lipinski definition) is 2. The molecule has 0 aliphatic rings. The molecule has 0 bridgehead atoms. The Kier molecular flexibility index (Phi) is 4.57. The van der Waals surface area contributed by atoms with Gasteiger partial charge in [0.25, 0.3) is 0 Å². The van der Waals surface area contributed by atoms with Crippen molar-refractivity contribution in [3.8, 4) is 10.6 Å². The van der Waals surface area contributed by atoms with E-state index < -0.39 is 0 Å². The Balaban J connectivity index is 2.16. The second-order valence-electron chi connectivity index (χ2n) is 5.76. The predicted octanol–water partition coefficient (Wildman–Crippen LogP) is 5.45. The fourth-order valence-corrected chi connectivity index (χ4v) is 4.00. The Bertz CT molecular complexity index is 801. The molecular formula is C18H21ClN2S. The molecule has 2 nitrogen and oxygen atoms in total. The molecule has 0 saturated carbocycles. The number of hydrogen-bond acceptors (Lipinski definition) is 2. The molecule has 0 unspecified atom stereocenters. The number of H-pyrrole nitrogens is 1. The van der Waals surface area contributed by atoms with E-state index in [-0.39, 0.29) is 0 Å². The van der Waals surface area contributed by atoms with E-state index in [4.69, 9.17) is 17.3 Å². The first-order valence-corrected chi connectivity index (χ1v) is 8.87. The van der Waals surface area contributed by atoms with Crippen molar-refractivity contribution < 1.29 is 0 Å². The van der Waals surface area contributed by atoms with E-state index in [0.717, 1.165) is 30.1 Å². The molecule has 2 aromatic heterocycles. The van der Waals surface area contributed by atoms with Crippen LogP contribution in [-0.2, 0) is 6.42 Å². The van der Waals surface area contributed by atoms with Crippen molar-refractivity contribution >= 4 is 33.8 Å². The van der Waals surface area contributed by atoms with E-state index in [9.17, 15) is 0 Å². The van der Waals surface area contributed by atoms with Gasteiger partial charge in [-0.1, -0.05) is 23.7 Å². The molecular weight excluding hydrogens is 312 g/mol. The largest absolute Gasteiger partial charge is 0.353 e. The van der Waals surface area contributed by atoms with Crippen molar-refractivity contribution in [1.29, 1.82) is 0 Å². The molecule has 0 fully saturated rings. The molecule has 0 saturated heterocycles. The van der Waals surface area contributed by atoms with Crippen LogP contribution in [-0.4, -0.2) is 11.5 Å². The first-order valence-electron chi connectivity index (χ1n) is 7.68. The molecule has 0 aliphatic carbocycles. The summed E-state index contributed by atoms with van der Waals surface area (Å²) in [4.78, 5) is 4.86. The summed E-state index contributed by atoms with van der Waals surface area (Å²) < 4.78 is 0.828. The number of aromatic nitrogens is 1. The van der Waals surface area contributed by atoms with E-state index in [1.54, 1.807) is 11.3 Å². The number of thiophene rings is 1. The number of fused-ring (bicyclic) bond motifs is 1. The highest BCUT2D eigenvalue weighted by Gasteiger charge is 2.16. The van der Waals surface area contributed by atoms with Gasteiger partial charge in [-0.3, -0.25) is 0 Å². The third-order valence-corrected chi connectivity index (χ3v) is 5.56. The SMILES string of the molecule is Cc1ccc2c(CCCCN)c(-c3ccc(Cl)s3)[nH]c2c1C. The van der Waals surface area contributed by atoms with Gasteiger partial charge in [0.2, 0.25) is 0 Å². The van der Waals surface area contributed by atoms with Crippen LogP contribution in [0.1, 0.15) is 29.5 Å². The molecule has 0 spiro atoms. The quantitative estimate of drug-likeness (QED) is 0.599. The number of halogens is 1. The number of nitrogens with one attached hydrogen (secondary N) is 1. The summed E-state index contributed by atoms with van der Waals surface area (Å²) in [7, 11) is 0. The standard InChI is InChI=1S/C18H21ClN2S/c1-11-6-7-14-13(5-3-4-10-20)18(21-17(14)12(11)2)15-8-9-16(19)22-15/h6-9,21H,3-5,10,20H2,1-2H3. The maximum atomic E-state index is 6.13. The molecule has 0 radical (unpaired) electrons.